The molecule has 6 heteroatoms. The van der Waals surface area contributed by atoms with E-state index in [1.807, 2.05) is 30.5 Å². The van der Waals surface area contributed by atoms with Crippen LogP contribution in [0.2, 0.25) is 0 Å². The van der Waals surface area contributed by atoms with Gasteiger partial charge in [-0.05, 0) is 18.4 Å². The molecule has 0 saturated heterocycles. The summed E-state index contributed by atoms with van der Waals surface area (Å²) in [5.41, 5.74) is 4.47. The number of imidazole rings is 1. The largest absolute Gasteiger partial charge is 0.340 e. The van der Waals surface area contributed by atoms with Crippen LogP contribution in [0.1, 0.15) is 0 Å². The smallest absolute Gasteiger partial charge is 0.333 e. The zero-order valence-electron chi connectivity index (χ0n) is 9.02. The number of para-hydroxylation sites is 2. The second kappa shape index (κ2) is 4.44. The van der Waals surface area contributed by atoms with Gasteiger partial charge in [0.25, 0.3) is 0 Å². The van der Waals surface area contributed by atoms with Gasteiger partial charge in [-0.15, -0.1) is 0 Å². The SMILES string of the molecule is CNC(=O)Nn1c(SC)nc2ccccc21. The standard InChI is InChI=1S/C10H12N4OS/c1-11-9(15)13-14-8-6-4-3-5-7(8)12-10(14)16-2/h3-6H,1-2H3,(H2,11,13,15). The van der Waals surface area contributed by atoms with Gasteiger partial charge >= 0.3 is 6.03 Å². The van der Waals surface area contributed by atoms with E-state index in [-0.39, 0.29) is 6.03 Å². The molecule has 0 bridgehead atoms. The molecule has 2 amide bonds. The number of hydrogen-bond donors (Lipinski definition) is 2. The molecule has 84 valence electrons. The Morgan fingerprint density at radius 3 is 2.88 bits per heavy atom. The van der Waals surface area contributed by atoms with E-state index in [2.05, 4.69) is 15.7 Å². The molecule has 0 radical (unpaired) electrons. The highest BCUT2D eigenvalue weighted by atomic mass is 32.2. The maximum atomic E-state index is 11.3. The first-order valence-electron chi connectivity index (χ1n) is 4.76. The van der Waals surface area contributed by atoms with Crippen LogP contribution in [0.25, 0.3) is 11.0 Å². The van der Waals surface area contributed by atoms with E-state index < -0.39 is 0 Å². The van der Waals surface area contributed by atoms with Crippen LogP contribution in [0.5, 0.6) is 0 Å². The molecule has 16 heavy (non-hydrogen) atoms. The van der Waals surface area contributed by atoms with Gasteiger partial charge in [0.2, 0.25) is 0 Å². The van der Waals surface area contributed by atoms with E-state index >= 15 is 0 Å². The summed E-state index contributed by atoms with van der Waals surface area (Å²) in [5.74, 6) is 0. The van der Waals surface area contributed by atoms with Crippen molar-refractivity contribution in [1.29, 1.82) is 0 Å². The molecular weight excluding hydrogens is 224 g/mol. The number of nitrogens with one attached hydrogen (secondary N) is 2. The Kier molecular flexibility index (Phi) is 3.00. The van der Waals surface area contributed by atoms with Crippen molar-refractivity contribution in [2.24, 2.45) is 0 Å². The summed E-state index contributed by atoms with van der Waals surface area (Å²) in [7, 11) is 1.58. The number of benzene rings is 1. The second-order valence-electron chi connectivity index (χ2n) is 3.11. The van der Waals surface area contributed by atoms with Crippen LogP contribution < -0.4 is 10.7 Å². The summed E-state index contributed by atoms with van der Waals surface area (Å²) in [6.07, 6.45) is 1.92. The highest BCUT2D eigenvalue weighted by molar-refractivity contribution is 7.98. The summed E-state index contributed by atoms with van der Waals surface area (Å²) >= 11 is 1.48. The molecule has 0 aliphatic rings. The molecule has 0 aliphatic heterocycles. The average molecular weight is 236 g/mol. The number of fused-ring (bicyclic) bond motifs is 1. The van der Waals surface area contributed by atoms with Crippen molar-refractivity contribution >= 4 is 28.8 Å². The van der Waals surface area contributed by atoms with E-state index in [9.17, 15) is 4.79 Å². The number of thioether (sulfide) groups is 1. The van der Waals surface area contributed by atoms with Crippen LogP contribution in [0.15, 0.2) is 29.4 Å². The number of rotatable bonds is 2. The van der Waals surface area contributed by atoms with Gasteiger partial charge in [0.1, 0.15) is 0 Å². The lowest BCUT2D eigenvalue weighted by Gasteiger charge is -2.08. The Hall–Kier alpha value is -1.69. The van der Waals surface area contributed by atoms with Gasteiger partial charge in [-0.3, -0.25) is 0 Å². The van der Waals surface area contributed by atoms with Gasteiger partial charge in [0, 0.05) is 7.05 Å². The van der Waals surface area contributed by atoms with E-state index in [1.165, 1.54) is 11.8 Å². The number of carbonyl (C=O) groups is 1. The molecule has 0 saturated carbocycles. The highest BCUT2D eigenvalue weighted by Crippen LogP contribution is 2.20. The quantitative estimate of drug-likeness (QED) is 0.779. The third-order valence-corrected chi connectivity index (χ3v) is 2.79. The first-order chi connectivity index (χ1) is 7.76. The zero-order valence-corrected chi connectivity index (χ0v) is 9.84. The molecule has 0 atom stereocenters. The molecule has 0 spiro atoms. The molecule has 0 unspecified atom stereocenters. The van der Waals surface area contributed by atoms with Crippen LogP contribution in [-0.2, 0) is 0 Å². The fraction of sp³-hybridized carbons (Fsp3) is 0.200. The molecule has 1 heterocycles. The average Bonchev–Trinajstić information content (AvgIpc) is 2.67. The number of urea groups is 1. The van der Waals surface area contributed by atoms with Gasteiger partial charge in [-0.2, -0.15) is 0 Å². The van der Waals surface area contributed by atoms with Crippen LogP contribution in [0.3, 0.4) is 0 Å². The molecular formula is C10H12N4OS. The monoisotopic (exact) mass is 236 g/mol. The number of aromatic nitrogens is 2. The van der Waals surface area contributed by atoms with Crippen molar-refractivity contribution in [1.82, 2.24) is 15.0 Å². The van der Waals surface area contributed by atoms with Crippen molar-refractivity contribution in [2.45, 2.75) is 5.16 Å². The third kappa shape index (κ3) is 1.83. The van der Waals surface area contributed by atoms with Gasteiger partial charge in [0.05, 0.1) is 11.0 Å². The Balaban J connectivity index is 2.51. The number of nitrogens with zero attached hydrogens (tertiary/aromatic N) is 2. The highest BCUT2D eigenvalue weighted by Gasteiger charge is 2.10. The summed E-state index contributed by atoms with van der Waals surface area (Å²) in [5, 5.41) is 3.27. The minimum atomic E-state index is -0.265. The maximum absolute atomic E-state index is 11.3. The Morgan fingerprint density at radius 1 is 1.44 bits per heavy atom. The summed E-state index contributed by atoms with van der Waals surface area (Å²) in [6, 6.07) is 7.40. The van der Waals surface area contributed by atoms with E-state index in [0.717, 1.165) is 16.2 Å². The minimum Gasteiger partial charge on any atom is -0.340 e. The van der Waals surface area contributed by atoms with Crippen LogP contribution in [0, 0.1) is 0 Å². The van der Waals surface area contributed by atoms with Gasteiger partial charge < -0.3 is 5.32 Å². The van der Waals surface area contributed by atoms with E-state index in [1.54, 1.807) is 11.7 Å². The van der Waals surface area contributed by atoms with E-state index in [0.29, 0.717) is 0 Å². The fourth-order valence-electron chi connectivity index (χ4n) is 1.41. The van der Waals surface area contributed by atoms with Crippen molar-refractivity contribution in [3.05, 3.63) is 24.3 Å². The lowest BCUT2D eigenvalue weighted by Crippen LogP contribution is -2.31. The van der Waals surface area contributed by atoms with E-state index in [4.69, 9.17) is 0 Å². The minimum absolute atomic E-state index is 0.265. The van der Waals surface area contributed by atoms with Gasteiger partial charge in [-0.1, -0.05) is 23.9 Å². The Morgan fingerprint density at radius 2 is 2.19 bits per heavy atom. The van der Waals surface area contributed by atoms with Crippen molar-refractivity contribution in [2.75, 3.05) is 18.7 Å². The van der Waals surface area contributed by atoms with Crippen LogP contribution >= 0.6 is 11.8 Å². The van der Waals surface area contributed by atoms with Crippen molar-refractivity contribution in [3.63, 3.8) is 0 Å². The molecule has 2 aromatic rings. The summed E-state index contributed by atoms with van der Waals surface area (Å²) in [4.78, 5) is 15.7. The fourth-order valence-corrected chi connectivity index (χ4v) is 1.92. The topological polar surface area (TPSA) is 59.0 Å². The predicted molar refractivity (Wildman–Crippen MR) is 65.3 cm³/mol. The molecule has 1 aromatic heterocycles. The van der Waals surface area contributed by atoms with Crippen molar-refractivity contribution in [3.8, 4) is 0 Å². The zero-order chi connectivity index (χ0) is 11.5. The normalized spacial score (nSPS) is 10.4. The summed E-state index contributed by atoms with van der Waals surface area (Å²) < 4.78 is 1.68. The van der Waals surface area contributed by atoms with Crippen LogP contribution in [0.4, 0.5) is 4.79 Å². The van der Waals surface area contributed by atoms with Crippen LogP contribution in [-0.4, -0.2) is 29.0 Å². The molecule has 0 aliphatic carbocycles. The molecule has 5 nitrogen and oxygen atoms in total. The Bertz CT molecular complexity index is 523. The second-order valence-corrected chi connectivity index (χ2v) is 3.89. The molecule has 1 aromatic carbocycles. The van der Waals surface area contributed by atoms with Gasteiger partial charge in [0.15, 0.2) is 5.16 Å². The molecule has 2 N–H and O–H groups in total. The molecule has 2 rings (SSSR count). The summed E-state index contributed by atoms with van der Waals surface area (Å²) in [6.45, 7) is 0. The number of hydrogen-bond acceptors (Lipinski definition) is 3. The Labute approximate surface area is 97.2 Å². The lowest BCUT2D eigenvalue weighted by atomic mass is 10.3. The number of carbonyl (C=O) groups excluding carboxylic acids is 1. The van der Waals surface area contributed by atoms with Crippen molar-refractivity contribution < 1.29 is 4.79 Å². The van der Waals surface area contributed by atoms with Gasteiger partial charge in [-0.25, -0.2) is 19.9 Å². The maximum Gasteiger partial charge on any atom is 0.333 e. The molecule has 0 fully saturated rings. The lowest BCUT2D eigenvalue weighted by molar-refractivity contribution is 0.251. The first-order valence-corrected chi connectivity index (χ1v) is 5.99. The first kappa shape index (κ1) is 10.8. The third-order valence-electron chi connectivity index (χ3n) is 2.15. The predicted octanol–water partition coefficient (Wildman–Crippen LogP) is 1.64. The number of amides is 2.